The lowest BCUT2D eigenvalue weighted by molar-refractivity contribution is 0.379. The molecule has 0 unspecified atom stereocenters. The fourth-order valence-electron chi connectivity index (χ4n) is 2.15. The van der Waals surface area contributed by atoms with Gasteiger partial charge in [-0.05, 0) is 23.6 Å². The molecule has 25 heavy (non-hydrogen) atoms. The molecule has 2 rings (SSSR count). The van der Waals surface area contributed by atoms with Crippen molar-refractivity contribution in [1.82, 2.24) is 5.01 Å². The highest BCUT2D eigenvalue weighted by atomic mass is 19.1. The number of aromatic hydroxyl groups is 2. The second-order valence-corrected chi connectivity index (χ2v) is 5.84. The lowest BCUT2D eigenvalue weighted by Gasteiger charge is -2.12. The van der Waals surface area contributed by atoms with Crippen molar-refractivity contribution in [2.24, 2.45) is 11.6 Å². The van der Waals surface area contributed by atoms with E-state index in [4.69, 9.17) is 11.6 Å². The highest BCUT2D eigenvalue weighted by molar-refractivity contribution is 5.46. The molecule has 6 N–H and O–H groups in total. The van der Waals surface area contributed by atoms with Gasteiger partial charge in [0.2, 0.25) is 0 Å². The third kappa shape index (κ3) is 6.10. The number of hydrazine groups is 1. The maximum atomic E-state index is 13.0. The van der Waals surface area contributed by atoms with Crippen molar-refractivity contribution in [2.45, 2.75) is 32.9 Å². The summed E-state index contributed by atoms with van der Waals surface area (Å²) in [6.45, 7) is 8.05. The summed E-state index contributed by atoms with van der Waals surface area (Å²) in [6, 6.07) is 9.61. The first-order valence-electron chi connectivity index (χ1n) is 7.92. The van der Waals surface area contributed by atoms with Crippen molar-refractivity contribution in [3.8, 4) is 11.5 Å². The molecule has 2 aromatic carbocycles. The second kappa shape index (κ2) is 9.66. The standard InChI is InChI=1S/C10H15NO2.C9H11FN2/c1-6(2)8-3-7(5-11)9(12)4-10(8)13;1-2-12(11)7-8-5-3-4-6-9(8)10/h3-4,6,12-13H,5,11H2,1-2H3;2-6H,1,7,11H2. The van der Waals surface area contributed by atoms with E-state index in [1.165, 1.54) is 23.3 Å². The Hall–Kier alpha value is -2.57. The normalized spacial score (nSPS) is 10.2. The number of phenolic OH excluding ortho intramolecular Hbond substituents is 2. The van der Waals surface area contributed by atoms with Crippen molar-refractivity contribution in [3.05, 3.63) is 71.7 Å². The first-order chi connectivity index (χ1) is 11.8. The topological polar surface area (TPSA) is 95.7 Å². The Labute approximate surface area is 148 Å². The van der Waals surface area contributed by atoms with Crippen molar-refractivity contribution in [1.29, 1.82) is 0 Å². The molecule has 0 aliphatic carbocycles. The Bertz CT molecular complexity index is 705. The first-order valence-corrected chi connectivity index (χ1v) is 7.92. The van der Waals surface area contributed by atoms with E-state index in [9.17, 15) is 14.6 Å². The Morgan fingerprint density at radius 1 is 1.16 bits per heavy atom. The van der Waals surface area contributed by atoms with E-state index in [2.05, 4.69) is 6.58 Å². The minimum atomic E-state index is -0.241. The van der Waals surface area contributed by atoms with Gasteiger partial charge in [0.15, 0.2) is 0 Å². The Morgan fingerprint density at radius 2 is 1.80 bits per heavy atom. The van der Waals surface area contributed by atoms with Gasteiger partial charge in [-0.15, -0.1) is 0 Å². The molecule has 136 valence electrons. The number of nitrogens with zero attached hydrogens (tertiary/aromatic N) is 1. The van der Waals surface area contributed by atoms with Gasteiger partial charge in [0.05, 0.1) is 6.54 Å². The molecule has 0 aliphatic heterocycles. The highest BCUT2D eigenvalue weighted by Gasteiger charge is 2.10. The van der Waals surface area contributed by atoms with Crippen LogP contribution in [0.25, 0.3) is 0 Å². The van der Waals surface area contributed by atoms with Gasteiger partial charge in [-0.1, -0.05) is 38.6 Å². The van der Waals surface area contributed by atoms with Crippen molar-refractivity contribution in [2.75, 3.05) is 0 Å². The van der Waals surface area contributed by atoms with E-state index < -0.39 is 0 Å². The predicted molar refractivity (Wildman–Crippen MR) is 98.1 cm³/mol. The van der Waals surface area contributed by atoms with Crippen LogP contribution in [0.4, 0.5) is 4.39 Å². The van der Waals surface area contributed by atoms with Gasteiger partial charge in [0.1, 0.15) is 17.3 Å². The number of rotatable bonds is 5. The van der Waals surface area contributed by atoms with Crippen LogP contribution >= 0.6 is 0 Å². The number of phenols is 2. The smallest absolute Gasteiger partial charge is 0.128 e. The van der Waals surface area contributed by atoms with Crippen molar-refractivity contribution < 1.29 is 14.6 Å². The van der Waals surface area contributed by atoms with E-state index >= 15 is 0 Å². The molecule has 0 aromatic heterocycles. The quantitative estimate of drug-likeness (QED) is 0.491. The van der Waals surface area contributed by atoms with Crippen LogP contribution in [-0.2, 0) is 13.1 Å². The van der Waals surface area contributed by atoms with Gasteiger partial charge in [-0.2, -0.15) is 0 Å². The summed E-state index contributed by atoms with van der Waals surface area (Å²) in [5.74, 6) is 5.60. The van der Waals surface area contributed by atoms with Gasteiger partial charge in [-0.25, -0.2) is 10.2 Å². The summed E-state index contributed by atoms with van der Waals surface area (Å²) in [5, 5.41) is 20.2. The zero-order chi connectivity index (χ0) is 19.0. The zero-order valence-corrected chi connectivity index (χ0v) is 14.6. The summed E-state index contributed by atoms with van der Waals surface area (Å²) in [4.78, 5) is 0. The SMILES string of the molecule is C=CN(N)Cc1ccccc1F.CC(C)c1cc(CN)c(O)cc1O. The van der Waals surface area contributed by atoms with E-state index in [1.807, 2.05) is 13.8 Å². The average molecular weight is 347 g/mol. The number of hydrogen-bond donors (Lipinski definition) is 4. The second-order valence-electron chi connectivity index (χ2n) is 5.84. The number of nitrogens with two attached hydrogens (primary N) is 2. The first kappa shape index (κ1) is 20.5. The molecular weight excluding hydrogens is 321 g/mol. The Balaban J connectivity index is 0.000000251. The van der Waals surface area contributed by atoms with Crippen LogP contribution in [0, 0.1) is 5.82 Å². The van der Waals surface area contributed by atoms with E-state index in [0.717, 1.165) is 5.56 Å². The summed E-state index contributed by atoms with van der Waals surface area (Å²) in [7, 11) is 0. The van der Waals surface area contributed by atoms with Crippen LogP contribution in [0.15, 0.2) is 49.2 Å². The molecule has 0 saturated heterocycles. The maximum Gasteiger partial charge on any atom is 0.128 e. The molecule has 0 bridgehead atoms. The minimum absolute atomic E-state index is 0.0596. The largest absolute Gasteiger partial charge is 0.508 e. The predicted octanol–water partition coefficient (Wildman–Crippen LogP) is 3.32. The van der Waals surface area contributed by atoms with Crippen LogP contribution in [0.5, 0.6) is 11.5 Å². The summed E-state index contributed by atoms with van der Waals surface area (Å²) in [5.41, 5.74) is 7.48. The van der Waals surface area contributed by atoms with E-state index in [-0.39, 0.29) is 29.8 Å². The van der Waals surface area contributed by atoms with Crippen LogP contribution in [0.1, 0.15) is 36.5 Å². The van der Waals surface area contributed by atoms with Crippen LogP contribution < -0.4 is 11.6 Å². The van der Waals surface area contributed by atoms with Crippen LogP contribution in [0.3, 0.4) is 0 Å². The van der Waals surface area contributed by atoms with E-state index in [0.29, 0.717) is 17.7 Å². The monoisotopic (exact) mass is 347 g/mol. The molecule has 2 aromatic rings. The van der Waals surface area contributed by atoms with Gasteiger partial charge in [-0.3, -0.25) is 0 Å². The lowest BCUT2D eigenvalue weighted by atomic mass is 9.99. The zero-order valence-electron chi connectivity index (χ0n) is 14.6. The van der Waals surface area contributed by atoms with Gasteiger partial charge < -0.3 is 21.0 Å². The summed E-state index contributed by atoms with van der Waals surface area (Å²) >= 11 is 0. The average Bonchev–Trinajstić information content (AvgIpc) is 2.57. The molecule has 0 radical (unpaired) electrons. The molecule has 0 atom stereocenters. The van der Waals surface area contributed by atoms with Crippen LogP contribution in [-0.4, -0.2) is 15.2 Å². The van der Waals surface area contributed by atoms with Gasteiger partial charge in [0, 0.05) is 29.9 Å². The number of halogens is 1. The fraction of sp³-hybridized carbons (Fsp3) is 0.263. The molecular formula is C19H26FN3O2. The third-order valence-electron chi connectivity index (χ3n) is 3.62. The maximum absolute atomic E-state index is 13.0. The van der Waals surface area contributed by atoms with Crippen molar-refractivity contribution in [3.63, 3.8) is 0 Å². The number of benzene rings is 2. The van der Waals surface area contributed by atoms with Gasteiger partial charge >= 0.3 is 0 Å². The summed E-state index contributed by atoms with van der Waals surface area (Å²) < 4.78 is 13.0. The third-order valence-corrected chi connectivity index (χ3v) is 3.62. The number of hydrogen-bond acceptors (Lipinski definition) is 5. The molecule has 0 spiro atoms. The molecule has 0 fully saturated rings. The van der Waals surface area contributed by atoms with Crippen LogP contribution in [0.2, 0.25) is 0 Å². The van der Waals surface area contributed by atoms with E-state index in [1.54, 1.807) is 24.3 Å². The molecule has 0 saturated carbocycles. The fourth-order valence-corrected chi connectivity index (χ4v) is 2.15. The molecule has 0 aliphatic rings. The molecule has 0 amide bonds. The molecule has 0 heterocycles. The highest BCUT2D eigenvalue weighted by Crippen LogP contribution is 2.31. The Kier molecular flexibility index (Phi) is 7.91. The van der Waals surface area contributed by atoms with Gasteiger partial charge in [0.25, 0.3) is 0 Å². The Morgan fingerprint density at radius 3 is 2.32 bits per heavy atom. The summed E-state index contributed by atoms with van der Waals surface area (Å²) in [6.07, 6.45) is 1.45. The minimum Gasteiger partial charge on any atom is -0.508 e. The molecule has 6 heteroatoms. The lowest BCUT2D eigenvalue weighted by Crippen LogP contribution is -2.24. The molecule has 5 nitrogen and oxygen atoms in total. The van der Waals surface area contributed by atoms with Crippen molar-refractivity contribution >= 4 is 0 Å².